The van der Waals surface area contributed by atoms with E-state index in [0.29, 0.717) is 5.75 Å². The molecule has 123 heavy (non-hydrogen) atoms. The van der Waals surface area contributed by atoms with Gasteiger partial charge in [0.2, 0.25) is 25.7 Å². The second-order valence-electron chi connectivity index (χ2n) is 30.1. The van der Waals surface area contributed by atoms with Gasteiger partial charge in [-0.25, -0.2) is 0 Å². The largest absolute Gasteiger partial charge is 0.457 e. The lowest BCUT2D eigenvalue weighted by Crippen LogP contribution is -2.37. The van der Waals surface area contributed by atoms with E-state index in [1.165, 1.54) is 75.5 Å². The van der Waals surface area contributed by atoms with Crippen LogP contribution in [0.15, 0.2) is 372 Å². The minimum atomic E-state index is -0.551. The molecule has 7 atom stereocenters. The molecule has 12 aromatic carbocycles. The number of thiophene rings is 1. The lowest BCUT2D eigenvalue weighted by molar-refractivity contribution is -0.175. The number of benzene rings is 12. The summed E-state index contributed by atoms with van der Waals surface area (Å²) in [5.74, 6) is 2.40. The number of carbonyl (C=O) groups is 4. The molecule has 0 radical (unpaired) electrons. The molecule has 3 saturated carbocycles. The topological polar surface area (TPSA) is 142 Å². The smallest absolute Gasteiger partial charge is 0.322 e. The van der Waals surface area contributed by atoms with Gasteiger partial charge in [0, 0.05) is 51.1 Å². The Morgan fingerprint density at radius 2 is 0.537 bits per heavy atom. The van der Waals surface area contributed by atoms with Crippen molar-refractivity contribution in [3.05, 3.63) is 328 Å². The SMILES string of the molecule is CC(Br)C(=O)OC(Oc1ccc([S+](c2ccccc2)c2ccccc2)cc1)C1CCC1.CC(Br)C(=O)OC(Oc1ccc([S+](c2ccccc2)c2ccccc2)cc1)C1CCCC1.CC(Br)C(=O)OC(Oc1ccc([S+](c2ccccc2)c2ccccc2)cc1)C1CCCCC1.CC(Br)C(=O)OCOc1ccc(-[s+]2c3ccccc3c3ccccc32)cc1. The molecule has 1 aromatic heterocycles. The van der Waals surface area contributed by atoms with Crippen LogP contribution in [0.25, 0.3) is 25.1 Å². The summed E-state index contributed by atoms with van der Waals surface area (Å²) in [5.41, 5.74) is 0. The van der Waals surface area contributed by atoms with Crippen molar-refractivity contribution in [2.75, 3.05) is 6.79 Å². The van der Waals surface area contributed by atoms with Crippen LogP contribution < -0.4 is 18.9 Å². The molecule has 0 aliphatic heterocycles. The van der Waals surface area contributed by atoms with Crippen molar-refractivity contribution in [1.82, 2.24) is 0 Å². The number of halogens is 4. The molecule has 3 fully saturated rings. The van der Waals surface area contributed by atoms with Gasteiger partial charge in [-0.2, -0.15) is 0 Å². The number of rotatable bonds is 29. The Morgan fingerprint density at radius 3 is 0.805 bits per heavy atom. The summed E-state index contributed by atoms with van der Waals surface area (Å²) in [6.45, 7) is 6.95. The van der Waals surface area contributed by atoms with Gasteiger partial charge < -0.3 is 37.9 Å². The Morgan fingerprint density at radius 1 is 0.293 bits per heavy atom. The highest BCUT2D eigenvalue weighted by Gasteiger charge is 2.38. The van der Waals surface area contributed by atoms with Crippen LogP contribution >= 0.6 is 74.2 Å². The van der Waals surface area contributed by atoms with E-state index in [4.69, 9.17) is 37.9 Å². The maximum absolute atomic E-state index is 12.3. The second kappa shape index (κ2) is 46.8. The fourth-order valence-corrected chi connectivity index (χ4v) is 23.7. The van der Waals surface area contributed by atoms with E-state index in [-0.39, 0.29) is 111 Å². The molecular weight excluding hydrogens is 1880 g/mol. The van der Waals surface area contributed by atoms with Crippen LogP contribution in [0.2, 0.25) is 0 Å². The maximum atomic E-state index is 12.3. The van der Waals surface area contributed by atoms with Crippen molar-refractivity contribution < 1.29 is 57.1 Å². The summed E-state index contributed by atoms with van der Waals surface area (Å²) in [6, 6.07) is 113. The van der Waals surface area contributed by atoms with Crippen molar-refractivity contribution in [2.45, 2.75) is 187 Å². The van der Waals surface area contributed by atoms with Crippen LogP contribution in [0, 0.1) is 17.8 Å². The predicted octanol–water partition coefficient (Wildman–Crippen LogP) is 27.4. The third-order valence-corrected chi connectivity index (χ3v) is 31.7. The first-order chi connectivity index (χ1) is 60.0. The van der Waals surface area contributed by atoms with Gasteiger partial charge in [0.25, 0.3) is 0 Å². The van der Waals surface area contributed by atoms with Crippen LogP contribution in [0.5, 0.6) is 23.0 Å². The predicted molar refractivity (Wildman–Crippen MR) is 512 cm³/mol. The third kappa shape index (κ3) is 25.8. The number of hydrogen-bond donors (Lipinski definition) is 0. The van der Waals surface area contributed by atoms with Gasteiger partial charge in [-0.05, 0) is 248 Å². The van der Waals surface area contributed by atoms with E-state index in [1.807, 2.05) is 84.9 Å². The highest BCUT2D eigenvalue weighted by molar-refractivity contribution is 9.10. The molecule has 20 heteroatoms. The average molecular weight is 1980 g/mol. The van der Waals surface area contributed by atoms with Gasteiger partial charge >= 0.3 is 23.9 Å². The lowest BCUT2D eigenvalue weighted by atomic mass is 9.85. The number of fused-ring (bicyclic) bond motifs is 3. The van der Waals surface area contributed by atoms with Gasteiger partial charge in [-0.1, -0.05) is 236 Å². The molecule has 0 bridgehead atoms. The summed E-state index contributed by atoms with van der Waals surface area (Å²) in [4.78, 5) is 59.2. The minimum Gasteiger partial charge on any atom is -0.457 e. The molecule has 12 nitrogen and oxygen atoms in total. The minimum absolute atomic E-state index is 0.0918. The van der Waals surface area contributed by atoms with E-state index < -0.39 is 18.9 Å². The molecule has 0 saturated heterocycles. The van der Waals surface area contributed by atoms with Crippen molar-refractivity contribution in [1.29, 1.82) is 0 Å². The molecule has 0 spiro atoms. The first kappa shape index (κ1) is 91.6. The van der Waals surface area contributed by atoms with Gasteiger partial charge in [0.15, 0.2) is 58.4 Å². The molecule has 1 heterocycles. The fraction of sp³-hybridized carbons (Fsp3) is 0.262. The molecule has 3 aliphatic carbocycles. The van der Waals surface area contributed by atoms with E-state index in [0.717, 1.165) is 87.9 Å². The third-order valence-electron chi connectivity index (χ3n) is 21.1. The number of alkyl halides is 4. The molecule has 0 amide bonds. The quantitative estimate of drug-likeness (QED) is 0.0145. The summed E-state index contributed by atoms with van der Waals surface area (Å²) in [5, 5.41) is 2.63. The van der Waals surface area contributed by atoms with E-state index >= 15 is 0 Å². The summed E-state index contributed by atoms with van der Waals surface area (Å²) >= 11 is 13.1. The van der Waals surface area contributed by atoms with Gasteiger partial charge in [0.1, 0.15) is 42.3 Å². The number of esters is 4. The van der Waals surface area contributed by atoms with Gasteiger partial charge in [-0.15, -0.1) is 0 Å². The highest BCUT2D eigenvalue weighted by atomic mass is 79.9. The highest BCUT2D eigenvalue weighted by Crippen LogP contribution is 2.49. The standard InChI is InChI=1S/C28H30BrO3S.C27H28BrO3S.C26H26BrO3S.C22H18BrO3S/c1-21(29)27(30)32-28(22-11-5-2-6-12-22)31-23-17-19-26(20-18-23)33(24-13-7-3-8-14-24)25-15-9-4-10-16-25;1-20(28)26(29)31-27(21-10-8-9-11-21)30-22-16-18-25(19-17-22)32(23-12-4-2-5-13-23)24-14-6-3-7-15-24;1-19(27)25(28)30-26(20-9-8-10-20)29-21-15-17-24(18-16-21)31(22-11-4-2-5-12-22)23-13-6-3-7-14-23;1-15(23)22(24)26-14-25-16-10-12-17(13-11-16)27-20-8-4-2-6-18(20)19-7-3-5-9-21(19)27/h3-4,7-10,13-22,28H,2,5-6,11-12H2,1H3;2-7,12-21,27H,8-11H2,1H3;2-7,11-20,26H,8-10H2,1H3;2-13,15H,14H2,1H3/q4*+1. The van der Waals surface area contributed by atoms with Crippen molar-refractivity contribution in [2.24, 2.45) is 17.8 Å². The Labute approximate surface area is 768 Å². The molecule has 0 N–H and O–H groups in total. The monoisotopic (exact) mass is 1970 g/mol. The van der Waals surface area contributed by atoms with Crippen LogP contribution in [-0.4, -0.2) is 68.8 Å². The number of carbonyl (C=O) groups excluding carboxylic acids is 4. The Bertz CT molecular complexity index is 5250. The number of ether oxygens (including phenoxy) is 8. The van der Waals surface area contributed by atoms with Crippen LogP contribution in [0.1, 0.15) is 105 Å². The lowest BCUT2D eigenvalue weighted by Gasteiger charge is -2.33. The van der Waals surface area contributed by atoms with E-state index in [1.54, 1.807) is 27.7 Å². The summed E-state index contributed by atoms with van der Waals surface area (Å²) < 4.78 is 48.9. The van der Waals surface area contributed by atoms with Crippen molar-refractivity contribution in [3.63, 3.8) is 0 Å². The Balaban J connectivity index is 0.000000141. The molecule has 16 rings (SSSR count). The zero-order chi connectivity index (χ0) is 85.8. The van der Waals surface area contributed by atoms with Gasteiger partial charge in [-0.3, -0.25) is 19.2 Å². The first-order valence-corrected chi connectivity index (χ1v) is 50.4. The Hall–Kier alpha value is -9.09. The first-order valence-electron chi connectivity index (χ1n) is 41.8. The maximum Gasteiger partial charge on any atom is 0.322 e. The van der Waals surface area contributed by atoms with Crippen molar-refractivity contribution in [3.8, 4) is 27.9 Å². The van der Waals surface area contributed by atoms with Crippen molar-refractivity contribution >= 4 is 151 Å². The van der Waals surface area contributed by atoms with Crippen LogP contribution in [0.3, 0.4) is 0 Å². The van der Waals surface area contributed by atoms with E-state index in [9.17, 15) is 19.2 Å². The molecule has 3 aliphatic rings. The second-order valence-corrected chi connectivity index (χ2v) is 43.6. The molecule has 634 valence electrons. The average Bonchev–Trinajstić information content (AvgIpc) is 1.59. The van der Waals surface area contributed by atoms with E-state index in [2.05, 4.69) is 306 Å². The molecular formula is C103H102Br4O12S4+4. The Kier molecular flexibility index (Phi) is 34.8. The van der Waals surface area contributed by atoms with Crippen LogP contribution in [-0.2, 0) is 70.8 Å². The molecule has 13 aromatic rings. The molecule has 7 unspecified atom stereocenters. The fourth-order valence-electron chi connectivity index (χ4n) is 14.6. The summed E-state index contributed by atoms with van der Waals surface area (Å²) in [6.07, 6.45) is 11.5. The van der Waals surface area contributed by atoms with Crippen LogP contribution in [0.4, 0.5) is 0 Å². The zero-order valence-corrected chi connectivity index (χ0v) is 78.8. The summed E-state index contributed by atoms with van der Waals surface area (Å²) in [7, 11) is -0.715. The zero-order valence-electron chi connectivity index (χ0n) is 69.2. The van der Waals surface area contributed by atoms with Gasteiger partial charge in [0.05, 0.1) is 32.7 Å². The normalized spacial score (nSPS) is 15.1. The number of hydrogen-bond acceptors (Lipinski definition) is 12.